The molecule has 4 heterocycles. The number of para-hydroxylation sites is 1. The molecule has 0 radical (unpaired) electrons. The SMILES string of the molecule is CC[C@@]1(OC(C)=O)C(=O)OCc2c1cc1n(c2=O)C(OC)c2cc3ccccc3nc2-1. The van der Waals surface area contributed by atoms with E-state index in [0.29, 0.717) is 17.0 Å². The number of nitrogens with zero attached hydrogens (tertiary/aromatic N) is 2. The van der Waals surface area contributed by atoms with Crippen LogP contribution in [0.2, 0.25) is 0 Å². The highest BCUT2D eigenvalue weighted by Crippen LogP contribution is 2.44. The smallest absolute Gasteiger partial charge is 0.355 e. The van der Waals surface area contributed by atoms with E-state index >= 15 is 0 Å². The lowest BCUT2D eigenvalue weighted by molar-refractivity contribution is -0.188. The number of carbonyl (C=O) groups excluding carboxylic acids is 2. The summed E-state index contributed by atoms with van der Waals surface area (Å²) in [6.45, 7) is 2.74. The summed E-state index contributed by atoms with van der Waals surface area (Å²) in [5.74, 6) is -1.32. The molecule has 5 rings (SSSR count). The maximum Gasteiger partial charge on any atom is 0.355 e. The zero-order valence-electron chi connectivity index (χ0n) is 17.3. The van der Waals surface area contributed by atoms with Gasteiger partial charge in [0.05, 0.1) is 22.5 Å². The van der Waals surface area contributed by atoms with E-state index in [4.69, 9.17) is 19.2 Å². The molecular weight excluding hydrogens is 400 g/mol. The highest BCUT2D eigenvalue weighted by atomic mass is 16.6. The molecule has 2 atom stereocenters. The van der Waals surface area contributed by atoms with Gasteiger partial charge in [-0.3, -0.25) is 14.2 Å². The highest BCUT2D eigenvalue weighted by Gasteiger charge is 2.50. The van der Waals surface area contributed by atoms with Crippen molar-refractivity contribution < 1.29 is 23.8 Å². The summed E-state index contributed by atoms with van der Waals surface area (Å²) in [4.78, 5) is 42.9. The Bertz CT molecular complexity index is 1330. The van der Waals surface area contributed by atoms with Crippen LogP contribution in [0.5, 0.6) is 0 Å². The molecule has 0 amide bonds. The summed E-state index contributed by atoms with van der Waals surface area (Å²) in [5.41, 5.74) is 1.21. The summed E-state index contributed by atoms with van der Waals surface area (Å²) in [5, 5.41) is 0.926. The van der Waals surface area contributed by atoms with Crippen LogP contribution >= 0.6 is 0 Å². The third kappa shape index (κ3) is 2.58. The number of cyclic esters (lactones) is 1. The average Bonchev–Trinajstić information content (AvgIpc) is 3.07. The van der Waals surface area contributed by atoms with Gasteiger partial charge in [0.25, 0.3) is 5.56 Å². The quantitative estimate of drug-likeness (QED) is 0.601. The van der Waals surface area contributed by atoms with Crippen LogP contribution < -0.4 is 5.56 Å². The van der Waals surface area contributed by atoms with Gasteiger partial charge in [0, 0.05) is 30.5 Å². The van der Waals surface area contributed by atoms with Crippen LogP contribution in [-0.2, 0) is 36.0 Å². The topological polar surface area (TPSA) is 96.7 Å². The number of carbonyl (C=O) groups is 2. The predicted molar refractivity (Wildman–Crippen MR) is 110 cm³/mol. The Labute approximate surface area is 177 Å². The lowest BCUT2D eigenvalue weighted by Gasteiger charge is -2.35. The fraction of sp³-hybridized carbons (Fsp3) is 0.304. The molecule has 31 heavy (non-hydrogen) atoms. The van der Waals surface area contributed by atoms with Crippen LogP contribution in [0.4, 0.5) is 0 Å². The molecular formula is C23H20N2O6. The number of methoxy groups -OCH3 is 1. The van der Waals surface area contributed by atoms with Gasteiger partial charge in [-0.15, -0.1) is 0 Å². The van der Waals surface area contributed by atoms with Gasteiger partial charge >= 0.3 is 11.9 Å². The van der Waals surface area contributed by atoms with E-state index in [1.54, 1.807) is 13.0 Å². The summed E-state index contributed by atoms with van der Waals surface area (Å²) >= 11 is 0. The number of hydrogen-bond acceptors (Lipinski definition) is 7. The van der Waals surface area contributed by atoms with Crippen molar-refractivity contribution in [1.82, 2.24) is 9.55 Å². The highest BCUT2D eigenvalue weighted by molar-refractivity contribution is 5.88. The van der Waals surface area contributed by atoms with Crippen molar-refractivity contribution in [2.75, 3.05) is 7.11 Å². The molecule has 0 N–H and O–H groups in total. The number of fused-ring (bicyclic) bond motifs is 5. The predicted octanol–water partition coefficient (Wildman–Crippen LogP) is 2.80. The zero-order chi connectivity index (χ0) is 21.9. The third-order valence-corrected chi connectivity index (χ3v) is 5.99. The molecule has 2 aliphatic rings. The van der Waals surface area contributed by atoms with E-state index in [1.807, 2.05) is 30.3 Å². The number of hydrogen-bond donors (Lipinski definition) is 0. The minimum Gasteiger partial charge on any atom is -0.457 e. The Kier molecular flexibility index (Phi) is 4.23. The first-order chi connectivity index (χ1) is 14.9. The molecule has 0 spiro atoms. The van der Waals surface area contributed by atoms with Gasteiger partial charge in [-0.1, -0.05) is 25.1 Å². The van der Waals surface area contributed by atoms with Crippen molar-refractivity contribution >= 4 is 22.8 Å². The van der Waals surface area contributed by atoms with Gasteiger partial charge < -0.3 is 14.2 Å². The van der Waals surface area contributed by atoms with Crippen molar-refractivity contribution in [2.45, 2.75) is 38.7 Å². The molecule has 0 saturated heterocycles. The molecule has 158 valence electrons. The number of benzene rings is 1. The van der Waals surface area contributed by atoms with Gasteiger partial charge in [-0.25, -0.2) is 9.78 Å². The third-order valence-electron chi connectivity index (χ3n) is 5.99. The maximum absolute atomic E-state index is 13.6. The van der Waals surface area contributed by atoms with E-state index in [0.717, 1.165) is 16.5 Å². The number of esters is 2. The van der Waals surface area contributed by atoms with Gasteiger partial charge in [0.15, 0.2) is 6.23 Å². The molecule has 1 aromatic carbocycles. The normalized spacial score (nSPS) is 21.3. The van der Waals surface area contributed by atoms with E-state index < -0.39 is 23.8 Å². The molecule has 2 aromatic heterocycles. The zero-order valence-corrected chi connectivity index (χ0v) is 17.3. The van der Waals surface area contributed by atoms with Crippen molar-refractivity contribution in [3.63, 3.8) is 0 Å². The summed E-state index contributed by atoms with van der Waals surface area (Å²) in [7, 11) is 1.53. The molecule has 0 bridgehead atoms. The van der Waals surface area contributed by atoms with Gasteiger partial charge in [-0.2, -0.15) is 0 Å². The van der Waals surface area contributed by atoms with Crippen LogP contribution in [0.1, 0.15) is 43.2 Å². The van der Waals surface area contributed by atoms with Crippen molar-refractivity contribution in [3.8, 4) is 11.4 Å². The lowest BCUT2D eigenvalue weighted by Crippen LogP contribution is -2.47. The molecule has 2 aliphatic heterocycles. The lowest BCUT2D eigenvalue weighted by atomic mass is 9.85. The molecule has 0 fully saturated rings. The first-order valence-corrected chi connectivity index (χ1v) is 9.99. The maximum atomic E-state index is 13.6. The molecule has 3 aromatic rings. The Morgan fingerprint density at radius 2 is 2.06 bits per heavy atom. The second-order valence-electron chi connectivity index (χ2n) is 7.65. The second-order valence-corrected chi connectivity index (χ2v) is 7.65. The van der Waals surface area contributed by atoms with Gasteiger partial charge in [0.1, 0.15) is 6.61 Å². The van der Waals surface area contributed by atoms with Crippen LogP contribution in [0.15, 0.2) is 41.2 Å². The van der Waals surface area contributed by atoms with E-state index in [-0.39, 0.29) is 24.2 Å². The monoisotopic (exact) mass is 420 g/mol. The molecule has 0 saturated carbocycles. The van der Waals surface area contributed by atoms with Gasteiger partial charge in [-0.05, 0) is 24.6 Å². The Morgan fingerprint density at radius 1 is 1.29 bits per heavy atom. The largest absolute Gasteiger partial charge is 0.457 e. The Morgan fingerprint density at radius 3 is 2.77 bits per heavy atom. The standard InChI is InChI=1S/C23H20N2O6/c1-4-23(31-12(2)26)16-10-18-19-14(9-13-7-5-6-8-17(13)24-19)21(29-3)25(18)20(27)15(16)11-30-22(23)28/h5-10,21H,4,11H2,1-3H3/t21?,23-/m0/s1. The van der Waals surface area contributed by atoms with Crippen LogP contribution in [0.3, 0.4) is 0 Å². The number of rotatable bonds is 3. The number of pyridine rings is 2. The molecule has 8 nitrogen and oxygen atoms in total. The van der Waals surface area contributed by atoms with E-state index in [1.165, 1.54) is 18.6 Å². The second kappa shape index (κ2) is 6.75. The fourth-order valence-electron chi connectivity index (χ4n) is 4.59. The Balaban J connectivity index is 1.84. The molecule has 1 unspecified atom stereocenters. The summed E-state index contributed by atoms with van der Waals surface area (Å²) in [6, 6.07) is 11.3. The van der Waals surface area contributed by atoms with Crippen molar-refractivity contribution in [3.05, 3.63) is 63.4 Å². The average molecular weight is 420 g/mol. The number of ether oxygens (including phenoxy) is 3. The minimum absolute atomic E-state index is 0.132. The Hall–Kier alpha value is -3.52. The van der Waals surface area contributed by atoms with Crippen LogP contribution in [0.25, 0.3) is 22.3 Å². The fourth-order valence-corrected chi connectivity index (χ4v) is 4.59. The van der Waals surface area contributed by atoms with Crippen LogP contribution in [-0.4, -0.2) is 28.6 Å². The molecule has 0 aliphatic carbocycles. The summed E-state index contributed by atoms with van der Waals surface area (Å²) < 4.78 is 18.0. The van der Waals surface area contributed by atoms with E-state index in [9.17, 15) is 14.4 Å². The van der Waals surface area contributed by atoms with E-state index in [2.05, 4.69) is 0 Å². The van der Waals surface area contributed by atoms with Crippen LogP contribution in [0, 0.1) is 0 Å². The first-order valence-electron chi connectivity index (χ1n) is 9.99. The first kappa shape index (κ1) is 19.4. The van der Waals surface area contributed by atoms with Crippen molar-refractivity contribution in [2.24, 2.45) is 0 Å². The molecule has 8 heteroatoms. The van der Waals surface area contributed by atoms with Crippen molar-refractivity contribution in [1.29, 1.82) is 0 Å². The minimum atomic E-state index is -1.67. The summed E-state index contributed by atoms with van der Waals surface area (Å²) in [6.07, 6.45) is -0.533. The van der Waals surface area contributed by atoms with Gasteiger partial charge in [0.2, 0.25) is 5.60 Å². The number of aromatic nitrogens is 2.